The van der Waals surface area contributed by atoms with Crippen molar-refractivity contribution >= 4 is 10.9 Å². The molecule has 3 rings (SSSR count). The lowest BCUT2D eigenvalue weighted by Gasteiger charge is -2.08. The van der Waals surface area contributed by atoms with Crippen molar-refractivity contribution in [1.82, 2.24) is 14.5 Å². The van der Waals surface area contributed by atoms with Crippen LogP contribution in [0.2, 0.25) is 0 Å². The molecule has 2 aromatic heterocycles. The van der Waals surface area contributed by atoms with Gasteiger partial charge in [0, 0.05) is 30.4 Å². The second-order valence-electron chi connectivity index (χ2n) is 4.10. The average Bonchev–Trinajstić information content (AvgIpc) is 2.81. The van der Waals surface area contributed by atoms with Crippen molar-refractivity contribution in [3.05, 3.63) is 43.0 Å². The summed E-state index contributed by atoms with van der Waals surface area (Å²) >= 11 is 0. The highest BCUT2D eigenvalue weighted by molar-refractivity contribution is 5.98. The molecule has 0 atom stereocenters. The van der Waals surface area contributed by atoms with Crippen molar-refractivity contribution in [2.45, 2.75) is 0 Å². The molecular weight excluding hydrogens is 226 g/mol. The predicted octanol–water partition coefficient (Wildman–Crippen LogP) is 2.64. The Balaban J connectivity index is 2.33. The van der Waals surface area contributed by atoms with E-state index in [1.54, 1.807) is 19.6 Å². The number of methoxy groups -OCH3 is 1. The van der Waals surface area contributed by atoms with Crippen molar-refractivity contribution in [3.63, 3.8) is 0 Å². The summed E-state index contributed by atoms with van der Waals surface area (Å²) in [6.07, 6.45) is 5.34. The molecule has 90 valence electrons. The molecule has 0 aliphatic heterocycles. The van der Waals surface area contributed by atoms with Crippen molar-refractivity contribution in [3.8, 4) is 17.0 Å². The molecule has 1 aromatic carbocycles. The third-order valence-electron chi connectivity index (χ3n) is 3.08. The first-order valence-corrected chi connectivity index (χ1v) is 5.69. The van der Waals surface area contributed by atoms with E-state index in [0.29, 0.717) is 0 Å². The highest BCUT2D eigenvalue weighted by Crippen LogP contribution is 2.33. The first-order chi connectivity index (χ1) is 8.81. The van der Waals surface area contributed by atoms with E-state index in [1.807, 2.05) is 31.4 Å². The van der Waals surface area contributed by atoms with Gasteiger partial charge >= 0.3 is 0 Å². The molecule has 2 heterocycles. The van der Waals surface area contributed by atoms with Gasteiger partial charge in [-0.25, -0.2) is 9.97 Å². The van der Waals surface area contributed by atoms with Crippen LogP contribution in [-0.2, 0) is 7.05 Å². The van der Waals surface area contributed by atoms with Gasteiger partial charge in [0.2, 0.25) is 0 Å². The molecule has 0 saturated carbocycles. The number of hydrogen-bond donors (Lipinski definition) is 0. The Morgan fingerprint density at radius 1 is 1.17 bits per heavy atom. The summed E-state index contributed by atoms with van der Waals surface area (Å²) in [5.41, 5.74) is 3.09. The molecule has 0 fully saturated rings. The van der Waals surface area contributed by atoms with Gasteiger partial charge in [-0.05, 0) is 24.3 Å². The van der Waals surface area contributed by atoms with Crippen molar-refractivity contribution in [2.75, 3.05) is 7.11 Å². The Hall–Kier alpha value is -2.36. The van der Waals surface area contributed by atoms with Crippen LogP contribution in [0.5, 0.6) is 5.75 Å². The predicted molar refractivity (Wildman–Crippen MR) is 70.5 cm³/mol. The van der Waals surface area contributed by atoms with Crippen molar-refractivity contribution < 1.29 is 4.74 Å². The van der Waals surface area contributed by atoms with Gasteiger partial charge in [0.15, 0.2) is 0 Å². The van der Waals surface area contributed by atoms with E-state index < -0.39 is 0 Å². The average molecular weight is 239 g/mol. The fourth-order valence-corrected chi connectivity index (χ4v) is 2.22. The van der Waals surface area contributed by atoms with Gasteiger partial charge in [-0.1, -0.05) is 0 Å². The van der Waals surface area contributed by atoms with E-state index in [9.17, 15) is 0 Å². The molecule has 0 amide bonds. The topological polar surface area (TPSA) is 39.9 Å². The Bertz CT molecular complexity index is 689. The van der Waals surface area contributed by atoms with Crippen LogP contribution in [0.3, 0.4) is 0 Å². The van der Waals surface area contributed by atoms with E-state index in [2.05, 4.69) is 20.6 Å². The molecular formula is C14H13N3O. The summed E-state index contributed by atoms with van der Waals surface area (Å²) < 4.78 is 7.46. The van der Waals surface area contributed by atoms with Crippen LogP contribution in [-0.4, -0.2) is 21.6 Å². The highest BCUT2D eigenvalue weighted by atomic mass is 16.5. The summed E-state index contributed by atoms with van der Waals surface area (Å²) in [7, 11) is 3.70. The number of benzene rings is 1. The highest BCUT2D eigenvalue weighted by Gasteiger charge is 2.11. The van der Waals surface area contributed by atoms with Crippen molar-refractivity contribution in [1.29, 1.82) is 0 Å². The zero-order valence-electron chi connectivity index (χ0n) is 10.3. The van der Waals surface area contributed by atoms with Crippen LogP contribution in [0, 0.1) is 0 Å². The molecule has 0 unspecified atom stereocenters. The lowest BCUT2D eigenvalue weighted by atomic mass is 10.1. The third-order valence-corrected chi connectivity index (χ3v) is 3.08. The number of ether oxygens (including phenoxy) is 1. The van der Waals surface area contributed by atoms with Gasteiger partial charge in [-0.2, -0.15) is 0 Å². The zero-order chi connectivity index (χ0) is 12.5. The van der Waals surface area contributed by atoms with Gasteiger partial charge < -0.3 is 9.30 Å². The molecule has 0 spiro atoms. The van der Waals surface area contributed by atoms with E-state index in [1.165, 1.54) is 0 Å². The maximum absolute atomic E-state index is 5.40. The first kappa shape index (κ1) is 10.8. The monoisotopic (exact) mass is 239 g/mol. The summed E-state index contributed by atoms with van der Waals surface area (Å²) in [6, 6.07) is 7.99. The molecule has 0 N–H and O–H groups in total. The third kappa shape index (κ3) is 1.54. The van der Waals surface area contributed by atoms with Crippen LogP contribution in [0.25, 0.3) is 22.2 Å². The Morgan fingerprint density at radius 3 is 2.78 bits per heavy atom. The second kappa shape index (κ2) is 4.14. The largest absolute Gasteiger partial charge is 0.495 e. The van der Waals surface area contributed by atoms with Crippen LogP contribution >= 0.6 is 0 Å². The summed E-state index contributed by atoms with van der Waals surface area (Å²) in [5, 5.41) is 1.13. The number of fused-ring (bicyclic) bond motifs is 1. The molecule has 0 bridgehead atoms. The van der Waals surface area contributed by atoms with Crippen molar-refractivity contribution in [2.24, 2.45) is 7.05 Å². The quantitative estimate of drug-likeness (QED) is 0.690. The number of rotatable bonds is 2. The molecule has 0 aliphatic carbocycles. The van der Waals surface area contributed by atoms with Gasteiger partial charge in [-0.3, -0.25) is 0 Å². The summed E-state index contributed by atoms with van der Waals surface area (Å²) in [5.74, 6) is 0.871. The first-order valence-electron chi connectivity index (χ1n) is 5.69. The van der Waals surface area contributed by atoms with E-state index >= 15 is 0 Å². The lowest BCUT2D eigenvalue weighted by molar-refractivity contribution is 0.418. The Morgan fingerprint density at radius 2 is 2.06 bits per heavy atom. The zero-order valence-corrected chi connectivity index (χ0v) is 10.3. The van der Waals surface area contributed by atoms with Gasteiger partial charge in [0.1, 0.15) is 12.1 Å². The van der Waals surface area contributed by atoms with Crippen LogP contribution < -0.4 is 4.74 Å². The minimum atomic E-state index is 0.871. The number of hydrogen-bond acceptors (Lipinski definition) is 3. The number of aryl methyl sites for hydroxylation is 1. The van der Waals surface area contributed by atoms with E-state index in [4.69, 9.17) is 4.74 Å². The standard InChI is InChI=1S/C14H13N3O/c1-17-8-6-11-10(12-5-7-15-9-16-12)3-4-13(18-2)14(11)17/h3-9H,1-2H3. The molecule has 0 aliphatic rings. The SMILES string of the molecule is COc1ccc(-c2ccncn2)c2ccn(C)c12. The summed E-state index contributed by atoms with van der Waals surface area (Å²) in [4.78, 5) is 8.25. The summed E-state index contributed by atoms with van der Waals surface area (Å²) in [6.45, 7) is 0. The molecule has 18 heavy (non-hydrogen) atoms. The second-order valence-corrected chi connectivity index (χ2v) is 4.10. The lowest BCUT2D eigenvalue weighted by Crippen LogP contribution is -1.92. The number of nitrogens with zero attached hydrogens (tertiary/aromatic N) is 3. The van der Waals surface area contributed by atoms with E-state index in [0.717, 1.165) is 27.9 Å². The van der Waals surface area contributed by atoms with Gasteiger partial charge in [0.25, 0.3) is 0 Å². The Labute approximate surface area is 105 Å². The minimum absolute atomic E-state index is 0.871. The molecule has 3 aromatic rings. The number of aromatic nitrogens is 3. The normalized spacial score (nSPS) is 10.8. The molecule has 0 radical (unpaired) electrons. The fourth-order valence-electron chi connectivity index (χ4n) is 2.22. The van der Waals surface area contributed by atoms with Crippen LogP contribution in [0.4, 0.5) is 0 Å². The molecule has 4 nitrogen and oxygen atoms in total. The molecule has 4 heteroatoms. The van der Waals surface area contributed by atoms with Gasteiger partial charge in [-0.15, -0.1) is 0 Å². The maximum Gasteiger partial charge on any atom is 0.143 e. The Kier molecular flexibility index (Phi) is 2.48. The minimum Gasteiger partial charge on any atom is -0.495 e. The van der Waals surface area contributed by atoms with Crippen LogP contribution in [0.1, 0.15) is 0 Å². The van der Waals surface area contributed by atoms with Gasteiger partial charge in [0.05, 0.1) is 18.3 Å². The smallest absolute Gasteiger partial charge is 0.143 e. The van der Waals surface area contributed by atoms with Crippen LogP contribution in [0.15, 0.2) is 43.0 Å². The maximum atomic E-state index is 5.40. The fraction of sp³-hybridized carbons (Fsp3) is 0.143. The van der Waals surface area contributed by atoms with E-state index in [-0.39, 0.29) is 0 Å². The molecule has 0 saturated heterocycles.